The third kappa shape index (κ3) is 2.94. The van der Waals surface area contributed by atoms with Gasteiger partial charge in [-0.2, -0.15) is 5.10 Å². The van der Waals surface area contributed by atoms with E-state index in [9.17, 15) is 9.59 Å². The molecule has 1 aliphatic rings. The third-order valence-corrected chi connectivity index (χ3v) is 4.41. The van der Waals surface area contributed by atoms with Gasteiger partial charge in [-0.3, -0.25) is 9.59 Å². The van der Waals surface area contributed by atoms with Crippen molar-refractivity contribution in [1.29, 1.82) is 0 Å². The van der Waals surface area contributed by atoms with Crippen LogP contribution in [0.3, 0.4) is 0 Å². The number of amides is 1. The summed E-state index contributed by atoms with van der Waals surface area (Å²) in [7, 11) is 1.72. The van der Waals surface area contributed by atoms with E-state index in [-0.39, 0.29) is 17.9 Å². The topological polar surface area (TPSA) is 88.3 Å². The molecule has 3 atom stereocenters. The van der Waals surface area contributed by atoms with Gasteiger partial charge < -0.3 is 10.0 Å². The number of hydrogen-bond acceptors (Lipinski definition) is 4. The van der Waals surface area contributed by atoms with Gasteiger partial charge in [-0.25, -0.2) is 9.67 Å². The van der Waals surface area contributed by atoms with Gasteiger partial charge in [0.05, 0.1) is 23.6 Å². The van der Waals surface area contributed by atoms with E-state index in [2.05, 4.69) is 10.1 Å². The van der Waals surface area contributed by atoms with E-state index in [0.717, 1.165) is 11.3 Å². The molecule has 1 aromatic carbocycles. The van der Waals surface area contributed by atoms with E-state index in [1.165, 1.54) is 6.33 Å². The molecule has 1 heterocycles. The number of benzene rings is 1. The Balaban J connectivity index is 1.69. The van der Waals surface area contributed by atoms with Crippen molar-refractivity contribution in [2.24, 2.45) is 11.8 Å². The molecule has 1 fully saturated rings. The number of carbonyl (C=O) groups excluding carboxylic acids is 1. The molecule has 23 heavy (non-hydrogen) atoms. The summed E-state index contributed by atoms with van der Waals surface area (Å²) >= 11 is 0. The first-order valence-electron chi connectivity index (χ1n) is 7.43. The van der Waals surface area contributed by atoms with Crippen molar-refractivity contribution >= 4 is 11.9 Å². The zero-order valence-electron chi connectivity index (χ0n) is 13.0. The van der Waals surface area contributed by atoms with Gasteiger partial charge in [0.15, 0.2) is 0 Å². The Labute approximate surface area is 133 Å². The number of nitrogens with zero attached hydrogens (tertiary/aromatic N) is 4. The average Bonchev–Trinajstić information content (AvgIpc) is 3.19. The minimum absolute atomic E-state index is 0.106. The van der Waals surface area contributed by atoms with Gasteiger partial charge in [-0.1, -0.05) is 12.1 Å². The number of carboxylic acid groups (broad SMARTS) is 1. The smallest absolute Gasteiger partial charge is 0.307 e. The van der Waals surface area contributed by atoms with Crippen LogP contribution in [0.5, 0.6) is 0 Å². The highest BCUT2D eigenvalue weighted by molar-refractivity contribution is 5.89. The quantitative estimate of drug-likeness (QED) is 0.903. The molecule has 1 aromatic heterocycles. The van der Waals surface area contributed by atoms with Crippen LogP contribution < -0.4 is 0 Å². The molecule has 7 nitrogen and oxygen atoms in total. The summed E-state index contributed by atoms with van der Waals surface area (Å²) in [5, 5.41) is 13.0. The third-order valence-electron chi connectivity index (χ3n) is 4.41. The molecule has 120 valence electrons. The van der Waals surface area contributed by atoms with Gasteiger partial charge in [-0.05, 0) is 31.0 Å². The molecule has 0 radical (unpaired) electrons. The second-order valence-corrected chi connectivity index (χ2v) is 5.84. The zero-order chi connectivity index (χ0) is 16.6. The highest BCUT2D eigenvalue weighted by atomic mass is 16.4. The van der Waals surface area contributed by atoms with Crippen LogP contribution in [0.4, 0.5) is 0 Å². The Hall–Kier alpha value is -2.70. The van der Waals surface area contributed by atoms with Gasteiger partial charge in [0.2, 0.25) is 5.91 Å². The molecule has 0 aliphatic heterocycles. The Morgan fingerprint density at radius 1 is 1.30 bits per heavy atom. The Morgan fingerprint density at radius 2 is 2.00 bits per heavy atom. The fourth-order valence-electron chi connectivity index (χ4n) is 2.66. The van der Waals surface area contributed by atoms with Gasteiger partial charge in [0.25, 0.3) is 0 Å². The van der Waals surface area contributed by atoms with Crippen molar-refractivity contribution in [2.75, 3.05) is 7.05 Å². The standard InChI is InChI=1S/C16H18N4O3/c1-10(19(2)15(21)13-7-14(13)16(22)23)11-3-5-12(6-4-11)20-9-17-8-18-20/h3-6,8-10,13-14H,7H2,1-2H3,(H,22,23). The summed E-state index contributed by atoms with van der Waals surface area (Å²) in [5.74, 6) is -1.90. The Kier molecular flexibility index (Phi) is 3.85. The molecular weight excluding hydrogens is 296 g/mol. The molecule has 1 saturated carbocycles. The largest absolute Gasteiger partial charge is 0.481 e. The van der Waals surface area contributed by atoms with Crippen LogP contribution in [0.15, 0.2) is 36.9 Å². The molecule has 2 aromatic rings. The van der Waals surface area contributed by atoms with Crippen LogP contribution in [0, 0.1) is 11.8 Å². The number of carboxylic acids is 1. The molecule has 3 rings (SSSR count). The number of carbonyl (C=O) groups is 2. The van der Waals surface area contributed by atoms with Gasteiger partial charge in [0.1, 0.15) is 12.7 Å². The lowest BCUT2D eigenvalue weighted by molar-refractivity contribution is -0.142. The molecule has 0 bridgehead atoms. The van der Waals surface area contributed by atoms with Crippen molar-refractivity contribution in [3.63, 3.8) is 0 Å². The lowest BCUT2D eigenvalue weighted by Crippen LogP contribution is -2.31. The lowest BCUT2D eigenvalue weighted by atomic mass is 10.1. The van der Waals surface area contributed by atoms with E-state index in [4.69, 9.17) is 5.11 Å². The minimum atomic E-state index is -0.887. The predicted octanol–water partition coefficient (Wildman–Crippen LogP) is 1.51. The number of rotatable bonds is 5. The van der Waals surface area contributed by atoms with Crippen molar-refractivity contribution in [3.8, 4) is 5.69 Å². The fourth-order valence-corrected chi connectivity index (χ4v) is 2.66. The van der Waals surface area contributed by atoms with Crippen LogP contribution in [0.25, 0.3) is 5.69 Å². The van der Waals surface area contributed by atoms with Gasteiger partial charge in [-0.15, -0.1) is 0 Å². The van der Waals surface area contributed by atoms with Crippen LogP contribution in [0.2, 0.25) is 0 Å². The fraction of sp³-hybridized carbons (Fsp3) is 0.375. The monoisotopic (exact) mass is 314 g/mol. The number of aliphatic carboxylic acids is 1. The molecule has 1 aliphatic carbocycles. The zero-order valence-corrected chi connectivity index (χ0v) is 13.0. The van der Waals surface area contributed by atoms with Crippen LogP contribution in [0.1, 0.15) is 24.9 Å². The molecule has 1 N–H and O–H groups in total. The molecule has 1 amide bonds. The maximum atomic E-state index is 12.3. The second kappa shape index (κ2) is 5.83. The maximum Gasteiger partial charge on any atom is 0.307 e. The Morgan fingerprint density at radius 3 is 2.52 bits per heavy atom. The maximum absolute atomic E-state index is 12.3. The summed E-state index contributed by atoms with van der Waals surface area (Å²) in [6.45, 7) is 1.93. The van der Waals surface area contributed by atoms with E-state index in [1.54, 1.807) is 23.0 Å². The highest BCUT2D eigenvalue weighted by Gasteiger charge is 2.49. The SMILES string of the molecule is CC(c1ccc(-n2cncn2)cc1)N(C)C(=O)C1CC1C(=O)O. The first-order valence-corrected chi connectivity index (χ1v) is 7.43. The summed E-state index contributed by atoms with van der Waals surface area (Å²) in [6.07, 6.45) is 3.53. The summed E-state index contributed by atoms with van der Waals surface area (Å²) in [5.41, 5.74) is 1.87. The lowest BCUT2D eigenvalue weighted by Gasteiger charge is -2.25. The van der Waals surface area contributed by atoms with Crippen molar-refractivity contribution in [1.82, 2.24) is 19.7 Å². The summed E-state index contributed by atoms with van der Waals surface area (Å²) in [6, 6.07) is 7.58. The average molecular weight is 314 g/mol. The Bertz CT molecular complexity index is 711. The number of hydrogen-bond donors (Lipinski definition) is 1. The highest BCUT2D eigenvalue weighted by Crippen LogP contribution is 2.41. The predicted molar refractivity (Wildman–Crippen MR) is 81.8 cm³/mol. The molecule has 0 spiro atoms. The van der Waals surface area contributed by atoms with E-state index < -0.39 is 11.9 Å². The molecule has 3 unspecified atom stereocenters. The molecule has 7 heteroatoms. The summed E-state index contributed by atoms with van der Waals surface area (Å²) < 4.78 is 1.66. The van der Waals surface area contributed by atoms with Gasteiger partial charge >= 0.3 is 5.97 Å². The van der Waals surface area contributed by atoms with E-state index in [1.807, 2.05) is 31.2 Å². The van der Waals surface area contributed by atoms with Crippen LogP contribution >= 0.6 is 0 Å². The second-order valence-electron chi connectivity index (χ2n) is 5.84. The van der Waals surface area contributed by atoms with Crippen molar-refractivity contribution < 1.29 is 14.7 Å². The van der Waals surface area contributed by atoms with Crippen molar-refractivity contribution in [2.45, 2.75) is 19.4 Å². The van der Waals surface area contributed by atoms with E-state index >= 15 is 0 Å². The first kappa shape index (κ1) is 15.2. The van der Waals surface area contributed by atoms with Gasteiger partial charge in [0, 0.05) is 7.05 Å². The van der Waals surface area contributed by atoms with Crippen LogP contribution in [-0.2, 0) is 9.59 Å². The normalized spacial score (nSPS) is 20.8. The summed E-state index contributed by atoms with van der Waals surface area (Å²) in [4.78, 5) is 28.8. The van der Waals surface area contributed by atoms with E-state index in [0.29, 0.717) is 6.42 Å². The van der Waals surface area contributed by atoms with Crippen molar-refractivity contribution in [3.05, 3.63) is 42.5 Å². The minimum Gasteiger partial charge on any atom is -0.481 e. The van der Waals surface area contributed by atoms with Crippen LogP contribution in [-0.4, -0.2) is 43.7 Å². The molecular formula is C16H18N4O3. The number of aromatic nitrogens is 3. The first-order chi connectivity index (χ1) is 11.0. The molecule has 0 saturated heterocycles.